The van der Waals surface area contributed by atoms with Gasteiger partial charge in [0, 0.05) is 37.7 Å². The van der Waals surface area contributed by atoms with E-state index in [9.17, 15) is 0 Å². The van der Waals surface area contributed by atoms with Crippen molar-refractivity contribution in [3.05, 3.63) is 108 Å². The average Bonchev–Trinajstić information content (AvgIpc) is 3.45. The highest BCUT2D eigenvalue weighted by atomic mass is 16.5. The number of nitrogens with two attached hydrogens (primary N) is 1. The number of unbranched alkanes of at least 4 members (excludes halogenated alkanes) is 5. The smallest absolute Gasteiger partial charge is 0.141 e. The van der Waals surface area contributed by atoms with E-state index < -0.39 is 0 Å². The molecule has 0 saturated carbocycles. The van der Waals surface area contributed by atoms with E-state index in [0.717, 1.165) is 71.2 Å². The molecule has 6 nitrogen and oxygen atoms in total. The highest BCUT2D eigenvalue weighted by Gasteiger charge is 2.15. The summed E-state index contributed by atoms with van der Waals surface area (Å²) in [5.41, 5.74) is 13.7. The molecule has 0 aliphatic heterocycles. The number of allylic oxidation sites excluding steroid dienone is 5. The van der Waals surface area contributed by atoms with Gasteiger partial charge >= 0.3 is 0 Å². The van der Waals surface area contributed by atoms with Crippen LogP contribution < -0.4 is 15.8 Å². The van der Waals surface area contributed by atoms with Gasteiger partial charge in [-0.05, 0) is 73.7 Å². The van der Waals surface area contributed by atoms with Gasteiger partial charge in [0.1, 0.15) is 11.6 Å². The number of methoxy groups -OCH3 is 2. The van der Waals surface area contributed by atoms with E-state index in [4.69, 9.17) is 20.2 Å². The molecule has 1 aromatic heterocycles. The zero-order valence-corrected chi connectivity index (χ0v) is 26.6. The van der Waals surface area contributed by atoms with Gasteiger partial charge in [-0.15, -0.1) is 0 Å². The maximum absolute atomic E-state index is 5.60. The Morgan fingerprint density at radius 2 is 1.67 bits per heavy atom. The third-order valence-corrected chi connectivity index (χ3v) is 7.50. The minimum Gasteiger partial charge on any atom is -0.497 e. The molecule has 0 aliphatic rings. The van der Waals surface area contributed by atoms with Crippen molar-refractivity contribution >= 4 is 11.3 Å². The fraction of sp³-hybridized carbons (Fsp3) is 0.378. The second-order valence-corrected chi connectivity index (χ2v) is 11.0. The van der Waals surface area contributed by atoms with Crippen molar-refractivity contribution in [2.45, 2.75) is 65.5 Å². The Labute approximate surface area is 259 Å². The first-order chi connectivity index (χ1) is 20.9. The van der Waals surface area contributed by atoms with Crippen LogP contribution in [0.5, 0.6) is 5.75 Å². The molecule has 0 saturated heterocycles. The van der Waals surface area contributed by atoms with Crippen molar-refractivity contribution in [3.63, 3.8) is 0 Å². The molecule has 3 rings (SSSR count). The molecule has 3 N–H and O–H groups in total. The van der Waals surface area contributed by atoms with E-state index in [2.05, 4.69) is 78.6 Å². The summed E-state index contributed by atoms with van der Waals surface area (Å²) in [6.45, 7) is 15.5. The normalized spacial score (nSPS) is 11.7. The first-order valence-corrected chi connectivity index (χ1v) is 15.3. The second-order valence-electron chi connectivity index (χ2n) is 11.0. The predicted octanol–water partition coefficient (Wildman–Crippen LogP) is 8.15. The molecule has 1 heterocycles. The van der Waals surface area contributed by atoms with Gasteiger partial charge in [0.05, 0.1) is 19.4 Å². The highest BCUT2D eigenvalue weighted by Crippen LogP contribution is 2.29. The van der Waals surface area contributed by atoms with E-state index in [1.165, 1.54) is 36.8 Å². The van der Waals surface area contributed by atoms with Crippen LogP contribution in [0.25, 0.3) is 22.7 Å². The van der Waals surface area contributed by atoms with Crippen LogP contribution in [-0.4, -0.2) is 36.9 Å². The standard InChI is InChI=1S/C37H50N4O2/c1-7-28(2)14-15-29(3)36-26-41(37(40-36)34-22-32(27-42-5)23-35(24-34)43-6)25-31-16-18-33(19-17-31)30(4)39-21-13-11-9-8-10-12-20-38/h7,14-19,22-24,26,39H,3-4,8-13,20-21,25,27,38H2,1-2,5-6H3/b15-14-,28-7-. The van der Waals surface area contributed by atoms with E-state index in [0.29, 0.717) is 13.2 Å². The number of hydrogen-bond donors (Lipinski definition) is 2. The number of aromatic nitrogens is 2. The fourth-order valence-electron chi connectivity index (χ4n) is 4.82. The quantitative estimate of drug-likeness (QED) is 0.110. The van der Waals surface area contributed by atoms with Gasteiger partial charge in [-0.1, -0.05) is 86.9 Å². The maximum Gasteiger partial charge on any atom is 0.141 e. The Kier molecular flexibility index (Phi) is 14.0. The lowest BCUT2D eigenvalue weighted by Gasteiger charge is -2.13. The Morgan fingerprint density at radius 3 is 2.35 bits per heavy atom. The Morgan fingerprint density at radius 1 is 0.953 bits per heavy atom. The molecule has 0 bridgehead atoms. The Balaban J connectivity index is 1.77. The summed E-state index contributed by atoms with van der Waals surface area (Å²) in [7, 11) is 3.38. The number of nitrogens with one attached hydrogen (secondary N) is 1. The van der Waals surface area contributed by atoms with Gasteiger partial charge in [-0.3, -0.25) is 0 Å². The molecule has 0 radical (unpaired) electrons. The molecule has 0 aliphatic carbocycles. The van der Waals surface area contributed by atoms with Crippen molar-refractivity contribution < 1.29 is 9.47 Å². The first kappa shape index (κ1) is 33.6. The van der Waals surface area contributed by atoms with Crippen LogP contribution in [0.15, 0.2) is 85.6 Å². The lowest BCUT2D eigenvalue weighted by molar-refractivity contribution is 0.184. The van der Waals surface area contributed by atoms with Crippen LogP contribution in [0.2, 0.25) is 0 Å². The van der Waals surface area contributed by atoms with Crippen LogP contribution in [0.1, 0.15) is 74.8 Å². The zero-order chi connectivity index (χ0) is 31.0. The summed E-state index contributed by atoms with van der Waals surface area (Å²) in [6, 6.07) is 14.7. The minimum absolute atomic E-state index is 0.490. The summed E-state index contributed by atoms with van der Waals surface area (Å²) in [6.07, 6.45) is 15.5. The number of rotatable bonds is 19. The monoisotopic (exact) mass is 582 g/mol. The van der Waals surface area contributed by atoms with Gasteiger partial charge in [0.2, 0.25) is 0 Å². The number of ether oxygens (including phenoxy) is 2. The lowest BCUT2D eigenvalue weighted by atomic mass is 10.1. The summed E-state index contributed by atoms with van der Waals surface area (Å²) >= 11 is 0. The van der Waals surface area contributed by atoms with Gasteiger partial charge < -0.3 is 25.1 Å². The van der Waals surface area contributed by atoms with Crippen LogP contribution in [0, 0.1) is 0 Å². The largest absolute Gasteiger partial charge is 0.497 e. The van der Waals surface area contributed by atoms with Gasteiger partial charge in [0.15, 0.2) is 0 Å². The van der Waals surface area contributed by atoms with Gasteiger partial charge in [0.25, 0.3) is 0 Å². The van der Waals surface area contributed by atoms with E-state index >= 15 is 0 Å². The number of hydrogen-bond acceptors (Lipinski definition) is 5. The van der Waals surface area contributed by atoms with Crippen molar-refractivity contribution in [2.24, 2.45) is 5.73 Å². The first-order valence-electron chi connectivity index (χ1n) is 15.3. The van der Waals surface area contributed by atoms with Gasteiger partial charge in [-0.25, -0.2) is 4.98 Å². The molecular formula is C37H50N4O2. The number of nitrogens with zero attached hydrogens (tertiary/aromatic N) is 2. The van der Waals surface area contributed by atoms with Gasteiger partial charge in [-0.2, -0.15) is 0 Å². The minimum atomic E-state index is 0.490. The van der Waals surface area contributed by atoms with Crippen LogP contribution in [0.4, 0.5) is 0 Å². The summed E-state index contributed by atoms with van der Waals surface area (Å²) in [4.78, 5) is 5.04. The van der Waals surface area contributed by atoms with Crippen LogP contribution >= 0.6 is 0 Å². The zero-order valence-electron chi connectivity index (χ0n) is 26.6. The number of benzene rings is 2. The van der Waals surface area contributed by atoms with Crippen LogP contribution in [-0.2, 0) is 17.9 Å². The van der Waals surface area contributed by atoms with E-state index in [1.54, 1.807) is 14.2 Å². The van der Waals surface area contributed by atoms with Crippen molar-refractivity contribution in [2.75, 3.05) is 27.3 Å². The SMILES string of the molecule is C=C(NCCCCCCCCN)c1ccc(Cn2cc(C(=C)/C=C\C(C)=C/C)nc2-c2cc(COC)cc(OC)c2)cc1. The van der Waals surface area contributed by atoms with Crippen molar-refractivity contribution in [1.29, 1.82) is 0 Å². The number of imidazole rings is 1. The molecular weight excluding hydrogens is 532 g/mol. The topological polar surface area (TPSA) is 74.3 Å². The van der Waals surface area contributed by atoms with E-state index in [-0.39, 0.29) is 0 Å². The third-order valence-electron chi connectivity index (χ3n) is 7.50. The summed E-state index contributed by atoms with van der Waals surface area (Å²) < 4.78 is 13.2. The third kappa shape index (κ3) is 10.7. The lowest BCUT2D eigenvalue weighted by Crippen LogP contribution is -2.13. The summed E-state index contributed by atoms with van der Waals surface area (Å²) in [5, 5.41) is 3.50. The molecule has 3 aromatic rings. The highest BCUT2D eigenvalue weighted by molar-refractivity contribution is 5.72. The molecule has 43 heavy (non-hydrogen) atoms. The molecule has 0 atom stereocenters. The summed E-state index contributed by atoms with van der Waals surface area (Å²) in [5.74, 6) is 1.62. The molecule has 0 amide bonds. The molecule has 2 aromatic carbocycles. The maximum atomic E-state index is 5.60. The predicted molar refractivity (Wildman–Crippen MR) is 182 cm³/mol. The molecule has 230 valence electrons. The fourth-order valence-corrected chi connectivity index (χ4v) is 4.82. The van der Waals surface area contributed by atoms with Crippen LogP contribution in [0.3, 0.4) is 0 Å². The van der Waals surface area contributed by atoms with Crippen molar-refractivity contribution in [3.8, 4) is 17.1 Å². The Hall–Kier alpha value is -3.87. The molecule has 0 fully saturated rings. The van der Waals surface area contributed by atoms with Crippen molar-refractivity contribution in [1.82, 2.24) is 14.9 Å². The second kappa shape index (κ2) is 17.9. The molecule has 0 spiro atoms. The molecule has 6 heteroatoms. The van der Waals surface area contributed by atoms with E-state index in [1.807, 2.05) is 25.1 Å². The Bertz CT molecular complexity index is 1380. The average molecular weight is 583 g/mol. The molecule has 0 unspecified atom stereocenters.